The SMILES string of the molecule is CCCn1cc(CNc2cc(C)n(CC(C)C)n2)c(C)n1. The molecule has 0 amide bonds. The van der Waals surface area contributed by atoms with Crippen LogP contribution in [0.1, 0.15) is 44.1 Å². The van der Waals surface area contributed by atoms with E-state index in [2.05, 4.69) is 67.1 Å². The van der Waals surface area contributed by atoms with Gasteiger partial charge in [0, 0.05) is 43.2 Å². The van der Waals surface area contributed by atoms with Gasteiger partial charge in [0.15, 0.2) is 0 Å². The van der Waals surface area contributed by atoms with Crippen LogP contribution in [0.5, 0.6) is 0 Å². The Kier molecular flexibility index (Phi) is 5.04. The van der Waals surface area contributed by atoms with E-state index in [0.717, 1.165) is 37.6 Å². The maximum absolute atomic E-state index is 4.62. The van der Waals surface area contributed by atoms with E-state index >= 15 is 0 Å². The molecule has 1 N–H and O–H groups in total. The molecule has 0 atom stereocenters. The van der Waals surface area contributed by atoms with E-state index in [1.54, 1.807) is 0 Å². The van der Waals surface area contributed by atoms with Crippen molar-refractivity contribution in [3.8, 4) is 0 Å². The van der Waals surface area contributed by atoms with E-state index in [9.17, 15) is 0 Å². The van der Waals surface area contributed by atoms with Crippen LogP contribution in [0.3, 0.4) is 0 Å². The minimum atomic E-state index is 0.603. The lowest BCUT2D eigenvalue weighted by Crippen LogP contribution is -2.08. The van der Waals surface area contributed by atoms with E-state index < -0.39 is 0 Å². The first-order chi connectivity index (χ1) is 9.99. The maximum atomic E-state index is 4.62. The van der Waals surface area contributed by atoms with Gasteiger partial charge in [0.1, 0.15) is 5.82 Å². The average molecular weight is 289 g/mol. The predicted molar refractivity (Wildman–Crippen MR) is 86.4 cm³/mol. The summed E-state index contributed by atoms with van der Waals surface area (Å²) in [5.41, 5.74) is 3.53. The Morgan fingerprint density at radius 2 is 2.00 bits per heavy atom. The minimum absolute atomic E-state index is 0.603. The van der Waals surface area contributed by atoms with Crippen molar-refractivity contribution >= 4 is 5.82 Å². The third kappa shape index (κ3) is 4.09. The topological polar surface area (TPSA) is 47.7 Å². The third-order valence-electron chi connectivity index (χ3n) is 3.48. The molecule has 0 fully saturated rings. The van der Waals surface area contributed by atoms with Crippen molar-refractivity contribution in [1.29, 1.82) is 0 Å². The molecular formula is C16H27N5. The summed E-state index contributed by atoms with van der Waals surface area (Å²) in [6.07, 6.45) is 3.23. The zero-order chi connectivity index (χ0) is 15.4. The molecule has 0 unspecified atom stereocenters. The Balaban J connectivity index is 1.99. The Morgan fingerprint density at radius 1 is 1.24 bits per heavy atom. The standard InChI is InChI=1S/C16H27N5/c1-6-7-20-11-15(14(5)18-20)9-17-16-8-13(4)21(19-16)10-12(2)3/h8,11-12H,6-7,9-10H2,1-5H3,(H,17,19). The monoisotopic (exact) mass is 289 g/mol. The van der Waals surface area contributed by atoms with Crippen LogP contribution in [0, 0.1) is 19.8 Å². The molecule has 0 bridgehead atoms. The van der Waals surface area contributed by atoms with Crippen LogP contribution in [-0.2, 0) is 19.6 Å². The second-order valence-corrected chi connectivity index (χ2v) is 6.10. The van der Waals surface area contributed by atoms with Gasteiger partial charge >= 0.3 is 0 Å². The summed E-state index contributed by atoms with van der Waals surface area (Å²) >= 11 is 0. The van der Waals surface area contributed by atoms with Crippen LogP contribution in [0.4, 0.5) is 5.82 Å². The molecule has 0 aliphatic carbocycles. The Hall–Kier alpha value is -1.78. The summed E-state index contributed by atoms with van der Waals surface area (Å²) < 4.78 is 4.09. The van der Waals surface area contributed by atoms with Crippen molar-refractivity contribution in [2.75, 3.05) is 5.32 Å². The molecule has 2 heterocycles. The minimum Gasteiger partial charge on any atom is -0.364 e. The lowest BCUT2D eigenvalue weighted by Gasteiger charge is -2.06. The van der Waals surface area contributed by atoms with Crippen LogP contribution in [-0.4, -0.2) is 19.6 Å². The van der Waals surface area contributed by atoms with Gasteiger partial charge in [0.2, 0.25) is 0 Å². The van der Waals surface area contributed by atoms with Gasteiger partial charge in [-0.2, -0.15) is 10.2 Å². The normalized spacial score (nSPS) is 11.3. The Bertz CT molecular complexity index is 580. The van der Waals surface area contributed by atoms with Crippen LogP contribution < -0.4 is 5.32 Å². The van der Waals surface area contributed by atoms with E-state index in [0.29, 0.717) is 5.92 Å². The fourth-order valence-electron chi connectivity index (χ4n) is 2.39. The fraction of sp³-hybridized carbons (Fsp3) is 0.625. The summed E-state index contributed by atoms with van der Waals surface area (Å²) in [6.45, 7) is 13.5. The number of aryl methyl sites for hydroxylation is 3. The van der Waals surface area contributed by atoms with Crippen molar-refractivity contribution < 1.29 is 0 Å². The first-order valence-corrected chi connectivity index (χ1v) is 7.80. The maximum Gasteiger partial charge on any atom is 0.148 e. The summed E-state index contributed by atoms with van der Waals surface area (Å²) in [5, 5.41) is 12.5. The largest absolute Gasteiger partial charge is 0.364 e. The molecule has 2 aromatic heterocycles. The molecule has 2 aromatic rings. The van der Waals surface area contributed by atoms with E-state index in [4.69, 9.17) is 0 Å². The molecule has 0 aliphatic heterocycles. The quantitative estimate of drug-likeness (QED) is 0.850. The van der Waals surface area contributed by atoms with Crippen LogP contribution in [0.15, 0.2) is 12.3 Å². The highest BCUT2D eigenvalue weighted by Gasteiger charge is 2.08. The van der Waals surface area contributed by atoms with Gasteiger partial charge in [-0.1, -0.05) is 20.8 Å². The van der Waals surface area contributed by atoms with Crippen molar-refractivity contribution in [3.05, 3.63) is 29.2 Å². The molecule has 116 valence electrons. The summed E-state index contributed by atoms with van der Waals surface area (Å²) in [5.74, 6) is 1.54. The molecule has 2 rings (SSSR count). The number of anilines is 1. The van der Waals surface area contributed by atoms with E-state index in [-0.39, 0.29) is 0 Å². The van der Waals surface area contributed by atoms with Gasteiger partial charge in [-0.25, -0.2) is 0 Å². The molecule has 0 aromatic carbocycles. The predicted octanol–water partition coefficient (Wildman–Crippen LogP) is 3.37. The lowest BCUT2D eigenvalue weighted by molar-refractivity contribution is 0.475. The first-order valence-electron chi connectivity index (χ1n) is 7.80. The lowest BCUT2D eigenvalue weighted by atomic mass is 10.2. The fourth-order valence-corrected chi connectivity index (χ4v) is 2.39. The average Bonchev–Trinajstić information content (AvgIpc) is 2.91. The van der Waals surface area contributed by atoms with Gasteiger partial charge in [-0.15, -0.1) is 0 Å². The number of aromatic nitrogens is 4. The number of hydrogen-bond acceptors (Lipinski definition) is 3. The smallest absolute Gasteiger partial charge is 0.148 e. The van der Waals surface area contributed by atoms with Gasteiger partial charge in [0.05, 0.1) is 5.69 Å². The summed E-state index contributed by atoms with van der Waals surface area (Å²) in [4.78, 5) is 0. The van der Waals surface area contributed by atoms with Gasteiger partial charge < -0.3 is 5.32 Å². The summed E-state index contributed by atoms with van der Waals surface area (Å²) in [6, 6.07) is 2.11. The molecule has 5 heteroatoms. The van der Waals surface area contributed by atoms with E-state index in [1.807, 2.05) is 4.68 Å². The van der Waals surface area contributed by atoms with Gasteiger partial charge in [-0.3, -0.25) is 9.36 Å². The molecule has 0 aliphatic rings. The molecule has 0 saturated heterocycles. The van der Waals surface area contributed by atoms with Crippen molar-refractivity contribution in [2.24, 2.45) is 5.92 Å². The Morgan fingerprint density at radius 3 is 2.67 bits per heavy atom. The molecule has 0 saturated carbocycles. The molecule has 0 radical (unpaired) electrons. The van der Waals surface area contributed by atoms with Gasteiger partial charge in [-0.05, 0) is 26.2 Å². The number of nitrogens with zero attached hydrogens (tertiary/aromatic N) is 4. The van der Waals surface area contributed by atoms with Crippen molar-refractivity contribution in [2.45, 2.75) is 60.7 Å². The van der Waals surface area contributed by atoms with Gasteiger partial charge in [0.25, 0.3) is 0 Å². The van der Waals surface area contributed by atoms with Crippen molar-refractivity contribution in [1.82, 2.24) is 19.6 Å². The second-order valence-electron chi connectivity index (χ2n) is 6.10. The zero-order valence-electron chi connectivity index (χ0n) is 13.8. The van der Waals surface area contributed by atoms with E-state index in [1.165, 1.54) is 11.3 Å². The number of nitrogens with one attached hydrogen (secondary N) is 1. The number of hydrogen-bond donors (Lipinski definition) is 1. The van der Waals surface area contributed by atoms with Crippen LogP contribution >= 0.6 is 0 Å². The molecule has 5 nitrogen and oxygen atoms in total. The molecule has 21 heavy (non-hydrogen) atoms. The van der Waals surface area contributed by atoms with Crippen LogP contribution in [0.2, 0.25) is 0 Å². The highest BCUT2D eigenvalue weighted by molar-refractivity contribution is 5.37. The Labute approximate surface area is 127 Å². The second kappa shape index (κ2) is 6.78. The first kappa shape index (κ1) is 15.6. The third-order valence-corrected chi connectivity index (χ3v) is 3.48. The highest BCUT2D eigenvalue weighted by atomic mass is 15.3. The van der Waals surface area contributed by atoms with Crippen molar-refractivity contribution in [3.63, 3.8) is 0 Å². The highest BCUT2D eigenvalue weighted by Crippen LogP contribution is 2.13. The summed E-state index contributed by atoms with van der Waals surface area (Å²) in [7, 11) is 0. The zero-order valence-corrected chi connectivity index (χ0v) is 13.8. The molecular weight excluding hydrogens is 262 g/mol. The molecule has 0 spiro atoms. The number of rotatable bonds is 7. The van der Waals surface area contributed by atoms with Crippen LogP contribution in [0.25, 0.3) is 0 Å².